The molecule has 1 aromatic carbocycles. The van der Waals surface area contributed by atoms with Crippen molar-refractivity contribution in [3.8, 4) is 11.3 Å². The Labute approximate surface area is 139 Å². The number of benzene rings is 1. The summed E-state index contributed by atoms with van der Waals surface area (Å²) in [5.74, 6) is -0.379. The zero-order chi connectivity index (χ0) is 18.0. The van der Waals surface area contributed by atoms with Crippen LogP contribution < -0.4 is 0 Å². The number of carbonyl (C=O) groups excluding carboxylic acids is 1. The molecule has 0 spiro atoms. The molecule has 0 fully saturated rings. The quantitative estimate of drug-likeness (QED) is 0.660. The van der Waals surface area contributed by atoms with Crippen LogP contribution in [0.5, 0.6) is 0 Å². The lowest BCUT2D eigenvalue weighted by Crippen LogP contribution is -2.04. The smallest absolute Gasteiger partial charge is 0.416 e. The number of aryl methyl sites for hydroxylation is 1. The van der Waals surface area contributed by atoms with Crippen molar-refractivity contribution in [2.24, 2.45) is 0 Å². The predicted molar refractivity (Wildman–Crippen MR) is 77.3 cm³/mol. The van der Waals surface area contributed by atoms with E-state index in [2.05, 4.69) is 10.2 Å². The molecule has 0 N–H and O–H groups in total. The van der Waals surface area contributed by atoms with Crippen molar-refractivity contribution in [1.82, 2.24) is 10.2 Å². The van der Waals surface area contributed by atoms with E-state index in [4.69, 9.17) is 13.6 Å². The monoisotopic (exact) mass is 352 g/mol. The van der Waals surface area contributed by atoms with Gasteiger partial charge < -0.3 is 13.6 Å². The fraction of sp³-hybridized carbons (Fsp3) is 0.188. The molecule has 0 aliphatic carbocycles. The first-order valence-electron chi connectivity index (χ1n) is 7.06. The Hall–Kier alpha value is -3.10. The topological polar surface area (TPSA) is 78.4 Å². The van der Waals surface area contributed by atoms with E-state index in [0.29, 0.717) is 5.89 Å². The number of hydrogen-bond donors (Lipinski definition) is 0. The van der Waals surface area contributed by atoms with E-state index in [-0.39, 0.29) is 29.6 Å². The minimum atomic E-state index is -4.47. The zero-order valence-corrected chi connectivity index (χ0v) is 12.8. The molecule has 6 nitrogen and oxygen atoms in total. The first kappa shape index (κ1) is 16.7. The van der Waals surface area contributed by atoms with Crippen molar-refractivity contribution in [2.75, 3.05) is 0 Å². The second-order valence-corrected chi connectivity index (χ2v) is 5.03. The van der Waals surface area contributed by atoms with Gasteiger partial charge in [-0.1, -0.05) is 12.1 Å². The van der Waals surface area contributed by atoms with Crippen molar-refractivity contribution in [2.45, 2.75) is 19.7 Å². The van der Waals surface area contributed by atoms with E-state index in [9.17, 15) is 18.0 Å². The number of ether oxygens (including phenoxy) is 1. The second-order valence-electron chi connectivity index (χ2n) is 5.03. The van der Waals surface area contributed by atoms with Crippen molar-refractivity contribution < 1.29 is 31.5 Å². The number of furan rings is 1. The van der Waals surface area contributed by atoms with Gasteiger partial charge in [0, 0.05) is 12.5 Å². The lowest BCUT2D eigenvalue weighted by molar-refractivity contribution is -0.137. The third kappa shape index (κ3) is 3.87. The standard InChI is InChI=1S/C16H11F3N2O4/c1-9-20-21-14(24-9)8-23-15(22)13-6-5-12(25-13)10-3-2-4-11(7-10)16(17,18)19/h2-7H,8H2,1H3. The van der Waals surface area contributed by atoms with E-state index in [1.54, 1.807) is 6.92 Å². The lowest BCUT2D eigenvalue weighted by Gasteiger charge is -2.07. The van der Waals surface area contributed by atoms with Crippen LogP contribution in [-0.2, 0) is 17.5 Å². The van der Waals surface area contributed by atoms with Gasteiger partial charge in [0.1, 0.15) is 5.76 Å². The number of esters is 1. The van der Waals surface area contributed by atoms with Crippen LogP contribution in [0.25, 0.3) is 11.3 Å². The van der Waals surface area contributed by atoms with Crippen LogP contribution in [0, 0.1) is 6.92 Å². The molecule has 3 rings (SSSR count). The number of halogens is 3. The summed E-state index contributed by atoms with van der Waals surface area (Å²) in [5.41, 5.74) is -0.612. The molecule has 0 saturated heterocycles. The molecule has 0 radical (unpaired) electrons. The molecule has 130 valence electrons. The maximum atomic E-state index is 12.8. The van der Waals surface area contributed by atoms with Crippen LogP contribution in [0.15, 0.2) is 45.2 Å². The average molecular weight is 352 g/mol. The number of rotatable bonds is 4. The molecule has 0 atom stereocenters. The summed E-state index contributed by atoms with van der Waals surface area (Å²) in [6.45, 7) is 1.35. The Morgan fingerprint density at radius 3 is 2.64 bits per heavy atom. The summed E-state index contributed by atoms with van der Waals surface area (Å²) in [6.07, 6.45) is -4.47. The molecule has 2 heterocycles. The van der Waals surface area contributed by atoms with Gasteiger partial charge in [-0.2, -0.15) is 13.2 Å². The third-order valence-electron chi connectivity index (χ3n) is 3.18. The Balaban J connectivity index is 1.72. The molecular formula is C16H11F3N2O4. The highest BCUT2D eigenvalue weighted by Gasteiger charge is 2.30. The van der Waals surface area contributed by atoms with Crippen LogP contribution in [0.3, 0.4) is 0 Å². The van der Waals surface area contributed by atoms with Gasteiger partial charge in [0.15, 0.2) is 6.61 Å². The highest BCUT2D eigenvalue weighted by Crippen LogP contribution is 2.32. The molecule has 3 aromatic rings. The minimum absolute atomic E-state index is 0.117. The van der Waals surface area contributed by atoms with Gasteiger partial charge >= 0.3 is 12.1 Å². The average Bonchev–Trinajstić information content (AvgIpc) is 3.21. The zero-order valence-electron chi connectivity index (χ0n) is 12.8. The molecule has 0 amide bonds. The van der Waals surface area contributed by atoms with Gasteiger partial charge in [0.2, 0.25) is 11.7 Å². The summed E-state index contributed by atoms with van der Waals surface area (Å²) in [7, 11) is 0. The third-order valence-corrected chi connectivity index (χ3v) is 3.18. The number of alkyl halides is 3. The summed E-state index contributed by atoms with van der Waals surface area (Å²) in [6, 6.07) is 7.31. The second kappa shape index (κ2) is 6.42. The van der Waals surface area contributed by atoms with Crippen LogP contribution >= 0.6 is 0 Å². The van der Waals surface area contributed by atoms with Gasteiger partial charge in [0.05, 0.1) is 5.56 Å². The molecule has 25 heavy (non-hydrogen) atoms. The molecule has 2 aromatic heterocycles. The van der Waals surface area contributed by atoms with Crippen molar-refractivity contribution in [1.29, 1.82) is 0 Å². The number of aromatic nitrogens is 2. The van der Waals surface area contributed by atoms with Crippen LogP contribution in [0.1, 0.15) is 27.9 Å². The molecular weight excluding hydrogens is 341 g/mol. The van der Waals surface area contributed by atoms with Crippen LogP contribution in [0.4, 0.5) is 13.2 Å². The van der Waals surface area contributed by atoms with Crippen molar-refractivity contribution in [3.05, 3.63) is 59.5 Å². The first-order chi connectivity index (χ1) is 11.8. The maximum absolute atomic E-state index is 12.8. The molecule has 9 heteroatoms. The Morgan fingerprint density at radius 2 is 1.96 bits per heavy atom. The Kier molecular flexibility index (Phi) is 4.30. The first-order valence-corrected chi connectivity index (χ1v) is 7.06. The summed E-state index contributed by atoms with van der Waals surface area (Å²) >= 11 is 0. The van der Waals surface area contributed by atoms with Gasteiger partial charge in [0.25, 0.3) is 5.89 Å². The lowest BCUT2D eigenvalue weighted by atomic mass is 10.1. The van der Waals surface area contributed by atoms with Gasteiger partial charge in [-0.15, -0.1) is 10.2 Å². The van der Waals surface area contributed by atoms with Crippen molar-refractivity contribution >= 4 is 5.97 Å². The normalized spacial score (nSPS) is 11.5. The fourth-order valence-corrected chi connectivity index (χ4v) is 2.05. The number of nitrogens with zero attached hydrogens (tertiary/aromatic N) is 2. The molecule has 0 aliphatic rings. The maximum Gasteiger partial charge on any atom is 0.416 e. The van der Waals surface area contributed by atoms with E-state index in [0.717, 1.165) is 12.1 Å². The fourth-order valence-electron chi connectivity index (χ4n) is 2.05. The SMILES string of the molecule is Cc1nnc(COC(=O)c2ccc(-c3cccc(C(F)(F)F)c3)o2)o1. The van der Waals surface area contributed by atoms with E-state index >= 15 is 0 Å². The molecule has 0 saturated carbocycles. The molecule has 0 aliphatic heterocycles. The van der Waals surface area contributed by atoms with Gasteiger partial charge in [-0.3, -0.25) is 0 Å². The van der Waals surface area contributed by atoms with Gasteiger partial charge in [-0.25, -0.2) is 4.79 Å². The van der Waals surface area contributed by atoms with E-state index < -0.39 is 17.7 Å². The summed E-state index contributed by atoms with van der Waals surface area (Å²) < 4.78 is 53.5. The van der Waals surface area contributed by atoms with E-state index in [1.807, 2.05) is 0 Å². The Bertz CT molecular complexity index is 899. The van der Waals surface area contributed by atoms with E-state index in [1.165, 1.54) is 24.3 Å². The molecule has 0 bridgehead atoms. The highest BCUT2D eigenvalue weighted by molar-refractivity contribution is 5.87. The van der Waals surface area contributed by atoms with Crippen LogP contribution in [-0.4, -0.2) is 16.2 Å². The largest absolute Gasteiger partial charge is 0.450 e. The van der Waals surface area contributed by atoms with Gasteiger partial charge in [-0.05, 0) is 24.3 Å². The molecule has 0 unspecified atom stereocenters. The minimum Gasteiger partial charge on any atom is -0.450 e. The van der Waals surface area contributed by atoms with Crippen LogP contribution in [0.2, 0.25) is 0 Å². The summed E-state index contributed by atoms with van der Waals surface area (Å²) in [5, 5.41) is 7.25. The highest BCUT2D eigenvalue weighted by atomic mass is 19.4. The Morgan fingerprint density at radius 1 is 1.16 bits per heavy atom. The number of carbonyl (C=O) groups is 1. The predicted octanol–water partition coefficient (Wildman–Crippen LogP) is 4.01. The van der Waals surface area contributed by atoms with Crippen molar-refractivity contribution in [3.63, 3.8) is 0 Å². The summed E-state index contributed by atoms with van der Waals surface area (Å²) in [4.78, 5) is 11.9. The number of hydrogen-bond acceptors (Lipinski definition) is 6.